The summed E-state index contributed by atoms with van der Waals surface area (Å²) in [5.74, 6) is -0.184. The maximum Gasteiger partial charge on any atom is 0.223 e. The van der Waals surface area contributed by atoms with Crippen LogP contribution in [0.1, 0.15) is 43.5 Å². The summed E-state index contributed by atoms with van der Waals surface area (Å²) < 4.78 is 1.84. The normalized spacial score (nSPS) is 16.6. The van der Waals surface area contributed by atoms with E-state index in [4.69, 9.17) is 0 Å². The van der Waals surface area contributed by atoms with E-state index in [0.717, 1.165) is 5.69 Å². The largest absolute Gasteiger partial charge is 0.503 e. The Morgan fingerprint density at radius 1 is 1.33 bits per heavy atom. The molecular formula is C16H26N2O3. The highest BCUT2D eigenvalue weighted by Gasteiger charge is 2.21. The standard InChI is InChI=1S/C16H26N2O3/c1-12-10-15(20)16(21)14(18(12)8-9-19)11-17(2)13-6-4-3-5-7-13/h10,13,19,21H,3-9,11H2,1-2H3. The first kappa shape index (κ1) is 16.0. The van der Waals surface area contributed by atoms with Gasteiger partial charge >= 0.3 is 0 Å². The van der Waals surface area contributed by atoms with Crippen molar-refractivity contribution in [2.45, 2.75) is 58.2 Å². The van der Waals surface area contributed by atoms with Crippen LogP contribution in [0.2, 0.25) is 0 Å². The van der Waals surface area contributed by atoms with Crippen molar-refractivity contribution < 1.29 is 10.2 Å². The molecule has 1 aliphatic rings. The van der Waals surface area contributed by atoms with Gasteiger partial charge in [0.05, 0.1) is 12.3 Å². The first-order chi connectivity index (χ1) is 10.0. The lowest BCUT2D eigenvalue weighted by Gasteiger charge is -2.32. The Hall–Kier alpha value is -1.33. The fourth-order valence-electron chi connectivity index (χ4n) is 3.28. The minimum atomic E-state index is -0.339. The van der Waals surface area contributed by atoms with Crippen molar-refractivity contribution in [3.05, 3.63) is 27.7 Å². The van der Waals surface area contributed by atoms with E-state index in [1.165, 1.54) is 38.2 Å². The second kappa shape index (κ2) is 7.09. The van der Waals surface area contributed by atoms with Gasteiger partial charge in [0.2, 0.25) is 5.43 Å². The number of rotatable bonds is 5. The maximum atomic E-state index is 11.8. The average Bonchev–Trinajstić information content (AvgIpc) is 2.49. The Balaban J connectivity index is 2.26. The molecule has 1 aromatic heterocycles. The lowest BCUT2D eigenvalue weighted by molar-refractivity contribution is 0.176. The van der Waals surface area contributed by atoms with Crippen LogP contribution in [-0.4, -0.2) is 39.4 Å². The molecule has 21 heavy (non-hydrogen) atoms. The minimum Gasteiger partial charge on any atom is -0.503 e. The topological polar surface area (TPSA) is 65.7 Å². The van der Waals surface area contributed by atoms with E-state index in [9.17, 15) is 15.0 Å². The summed E-state index contributed by atoms with van der Waals surface area (Å²) in [6.45, 7) is 2.75. The summed E-state index contributed by atoms with van der Waals surface area (Å²) in [6, 6.07) is 1.94. The molecule has 0 spiro atoms. The van der Waals surface area contributed by atoms with E-state index in [1.54, 1.807) is 0 Å². The lowest BCUT2D eigenvalue weighted by Crippen LogP contribution is -2.34. The Morgan fingerprint density at radius 3 is 2.62 bits per heavy atom. The van der Waals surface area contributed by atoms with Gasteiger partial charge in [-0.05, 0) is 26.8 Å². The molecule has 1 saturated carbocycles. The van der Waals surface area contributed by atoms with Crippen molar-refractivity contribution in [2.24, 2.45) is 0 Å². The molecule has 0 saturated heterocycles. The molecule has 5 nitrogen and oxygen atoms in total. The molecule has 0 atom stereocenters. The van der Waals surface area contributed by atoms with E-state index in [2.05, 4.69) is 4.90 Å². The molecule has 5 heteroatoms. The van der Waals surface area contributed by atoms with Crippen molar-refractivity contribution in [3.63, 3.8) is 0 Å². The van der Waals surface area contributed by atoms with Gasteiger partial charge < -0.3 is 14.8 Å². The van der Waals surface area contributed by atoms with E-state index in [-0.39, 0.29) is 17.8 Å². The van der Waals surface area contributed by atoms with Crippen LogP contribution < -0.4 is 5.43 Å². The van der Waals surface area contributed by atoms with Crippen LogP contribution in [0.3, 0.4) is 0 Å². The Labute approximate surface area is 125 Å². The zero-order valence-electron chi connectivity index (χ0n) is 13.0. The number of aromatic hydroxyl groups is 1. The van der Waals surface area contributed by atoms with E-state index >= 15 is 0 Å². The van der Waals surface area contributed by atoms with Gasteiger partial charge in [0.1, 0.15) is 0 Å². The van der Waals surface area contributed by atoms with Crippen molar-refractivity contribution in [1.82, 2.24) is 9.47 Å². The molecule has 0 aromatic carbocycles. The number of aryl methyl sites for hydroxylation is 1. The van der Waals surface area contributed by atoms with Gasteiger partial charge in [0, 0.05) is 30.9 Å². The SMILES string of the molecule is Cc1cc(=O)c(O)c(CN(C)C2CCCCC2)n1CCO. The fourth-order valence-corrected chi connectivity index (χ4v) is 3.28. The van der Waals surface area contributed by atoms with E-state index < -0.39 is 0 Å². The van der Waals surface area contributed by atoms with Crippen LogP contribution in [-0.2, 0) is 13.1 Å². The van der Waals surface area contributed by atoms with Gasteiger partial charge in [-0.15, -0.1) is 0 Å². The summed E-state index contributed by atoms with van der Waals surface area (Å²) in [7, 11) is 2.05. The molecule has 0 bridgehead atoms. The van der Waals surface area contributed by atoms with Crippen LogP contribution in [0.4, 0.5) is 0 Å². The van der Waals surface area contributed by atoms with Gasteiger partial charge in [-0.25, -0.2) is 0 Å². The molecule has 2 rings (SSSR count). The summed E-state index contributed by atoms with van der Waals surface area (Å²) in [6.07, 6.45) is 6.15. The van der Waals surface area contributed by atoms with Crippen LogP contribution in [0, 0.1) is 6.92 Å². The highest BCUT2D eigenvalue weighted by molar-refractivity contribution is 5.29. The Bertz CT molecular complexity index is 533. The predicted molar refractivity (Wildman–Crippen MR) is 82.5 cm³/mol. The highest BCUT2D eigenvalue weighted by Crippen LogP contribution is 2.24. The maximum absolute atomic E-state index is 11.8. The third-order valence-corrected chi connectivity index (χ3v) is 4.52. The molecule has 2 N–H and O–H groups in total. The number of nitrogens with zero attached hydrogens (tertiary/aromatic N) is 2. The van der Waals surface area contributed by atoms with Gasteiger partial charge in [-0.2, -0.15) is 0 Å². The summed E-state index contributed by atoms with van der Waals surface area (Å²) in [5.41, 5.74) is 1.05. The monoisotopic (exact) mass is 294 g/mol. The van der Waals surface area contributed by atoms with Gasteiger partial charge in [0.25, 0.3) is 0 Å². The third-order valence-electron chi connectivity index (χ3n) is 4.52. The molecule has 0 radical (unpaired) electrons. The molecule has 1 heterocycles. The molecule has 0 amide bonds. The quantitative estimate of drug-likeness (QED) is 0.866. The number of hydrogen-bond acceptors (Lipinski definition) is 4. The molecular weight excluding hydrogens is 268 g/mol. The number of pyridine rings is 1. The summed E-state index contributed by atoms with van der Waals surface area (Å²) in [5, 5.41) is 19.4. The number of aromatic nitrogens is 1. The van der Waals surface area contributed by atoms with Crippen LogP contribution in [0.15, 0.2) is 10.9 Å². The summed E-state index contributed by atoms with van der Waals surface area (Å²) in [4.78, 5) is 14.1. The first-order valence-corrected chi connectivity index (χ1v) is 7.78. The molecule has 0 aliphatic heterocycles. The fraction of sp³-hybridized carbons (Fsp3) is 0.688. The second-order valence-electron chi connectivity index (χ2n) is 6.03. The zero-order valence-corrected chi connectivity index (χ0v) is 13.0. The average molecular weight is 294 g/mol. The van der Waals surface area contributed by atoms with E-state index in [0.29, 0.717) is 24.8 Å². The lowest BCUT2D eigenvalue weighted by atomic mass is 9.94. The third kappa shape index (κ3) is 3.66. The van der Waals surface area contributed by atoms with Crippen molar-refractivity contribution in [1.29, 1.82) is 0 Å². The second-order valence-corrected chi connectivity index (χ2v) is 6.03. The Morgan fingerprint density at radius 2 is 2.00 bits per heavy atom. The van der Waals surface area contributed by atoms with Crippen LogP contribution in [0.5, 0.6) is 5.75 Å². The minimum absolute atomic E-state index is 0.0106. The van der Waals surface area contributed by atoms with Gasteiger partial charge in [0.15, 0.2) is 5.75 Å². The van der Waals surface area contributed by atoms with Crippen molar-refractivity contribution in [2.75, 3.05) is 13.7 Å². The highest BCUT2D eigenvalue weighted by atomic mass is 16.3. The summed E-state index contributed by atoms with van der Waals surface area (Å²) >= 11 is 0. The zero-order chi connectivity index (χ0) is 15.4. The van der Waals surface area contributed by atoms with Crippen molar-refractivity contribution in [3.8, 4) is 5.75 Å². The molecule has 0 unspecified atom stereocenters. The molecule has 1 fully saturated rings. The van der Waals surface area contributed by atoms with Gasteiger partial charge in [-0.3, -0.25) is 9.69 Å². The number of aliphatic hydroxyl groups excluding tert-OH is 1. The smallest absolute Gasteiger partial charge is 0.223 e. The van der Waals surface area contributed by atoms with E-state index in [1.807, 2.05) is 18.5 Å². The first-order valence-electron chi connectivity index (χ1n) is 7.78. The number of aliphatic hydroxyl groups is 1. The van der Waals surface area contributed by atoms with Crippen LogP contribution >= 0.6 is 0 Å². The van der Waals surface area contributed by atoms with Gasteiger partial charge in [-0.1, -0.05) is 19.3 Å². The van der Waals surface area contributed by atoms with Crippen molar-refractivity contribution >= 4 is 0 Å². The Kier molecular flexibility index (Phi) is 5.42. The molecule has 1 aromatic rings. The van der Waals surface area contributed by atoms with Crippen LogP contribution in [0.25, 0.3) is 0 Å². The predicted octanol–water partition coefficient (Wildman–Crippen LogP) is 1.62. The molecule has 1 aliphatic carbocycles. The number of hydrogen-bond donors (Lipinski definition) is 2. The molecule has 118 valence electrons.